The molecule has 166 valence electrons. The van der Waals surface area contributed by atoms with Gasteiger partial charge in [0, 0.05) is 39.0 Å². The van der Waals surface area contributed by atoms with Crippen LogP contribution < -0.4 is 0 Å². The molecule has 1 fully saturated rings. The lowest BCUT2D eigenvalue weighted by molar-refractivity contribution is 0.0362. The quantitative estimate of drug-likeness (QED) is 0.485. The van der Waals surface area contributed by atoms with E-state index in [4.69, 9.17) is 4.74 Å². The van der Waals surface area contributed by atoms with Gasteiger partial charge in [0.1, 0.15) is 0 Å². The number of aryl methyl sites for hydroxylation is 1. The standard InChI is InChI=1S/C20H34N2O5S2/c1-4-5-6-7-10-22(12-11-21-13-15-27-16-14-21)29(25,26)20-17-19(28(3,23)24)9-8-18(20)2/h8-9,17H,4-7,10-16H2,1-3H3. The Labute approximate surface area is 176 Å². The summed E-state index contributed by atoms with van der Waals surface area (Å²) in [5.74, 6) is 0. The van der Waals surface area contributed by atoms with Crippen LogP contribution in [0.15, 0.2) is 28.0 Å². The molecule has 2 rings (SSSR count). The number of sulfonamides is 1. The van der Waals surface area contributed by atoms with Crippen LogP contribution in [0.25, 0.3) is 0 Å². The van der Waals surface area contributed by atoms with E-state index in [0.29, 0.717) is 38.4 Å². The fraction of sp³-hybridized carbons (Fsp3) is 0.700. The van der Waals surface area contributed by atoms with Crippen molar-refractivity contribution in [3.63, 3.8) is 0 Å². The normalized spacial score (nSPS) is 16.4. The Kier molecular flexibility index (Phi) is 9.09. The van der Waals surface area contributed by atoms with E-state index >= 15 is 0 Å². The average molecular weight is 447 g/mol. The molecule has 0 radical (unpaired) electrons. The number of hydrogen-bond acceptors (Lipinski definition) is 6. The molecule has 0 N–H and O–H groups in total. The first-order chi connectivity index (χ1) is 13.7. The van der Waals surface area contributed by atoms with Gasteiger partial charge in [-0.2, -0.15) is 4.31 Å². The van der Waals surface area contributed by atoms with E-state index in [0.717, 1.165) is 45.0 Å². The third-order valence-electron chi connectivity index (χ3n) is 5.24. The Morgan fingerprint density at radius 2 is 1.72 bits per heavy atom. The number of hydrogen-bond donors (Lipinski definition) is 0. The summed E-state index contributed by atoms with van der Waals surface area (Å²) in [6.07, 6.45) is 5.01. The summed E-state index contributed by atoms with van der Waals surface area (Å²) in [6, 6.07) is 4.33. The van der Waals surface area contributed by atoms with Crippen molar-refractivity contribution in [1.29, 1.82) is 0 Å². The van der Waals surface area contributed by atoms with Crippen molar-refractivity contribution in [2.75, 3.05) is 52.2 Å². The maximum Gasteiger partial charge on any atom is 0.243 e. The van der Waals surface area contributed by atoms with E-state index in [1.807, 2.05) is 0 Å². The van der Waals surface area contributed by atoms with Crippen molar-refractivity contribution in [3.05, 3.63) is 23.8 Å². The number of rotatable bonds is 11. The minimum Gasteiger partial charge on any atom is -0.379 e. The molecule has 29 heavy (non-hydrogen) atoms. The number of ether oxygens (including phenoxy) is 1. The van der Waals surface area contributed by atoms with Gasteiger partial charge in [-0.05, 0) is 31.0 Å². The molecule has 0 unspecified atom stereocenters. The zero-order valence-electron chi connectivity index (χ0n) is 17.8. The highest BCUT2D eigenvalue weighted by Crippen LogP contribution is 2.24. The number of benzene rings is 1. The fourth-order valence-corrected chi connectivity index (χ4v) is 5.82. The van der Waals surface area contributed by atoms with Gasteiger partial charge in [0.05, 0.1) is 23.0 Å². The molecule has 0 aliphatic carbocycles. The highest BCUT2D eigenvalue weighted by atomic mass is 32.2. The molecule has 1 heterocycles. The third-order valence-corrected chi connectivity index (χ3v) is 8.39. The van der Waals surface area contributed by atoms with E-state index in [-0.39, 0.29) is 9.79 Å². The van der Waals surface area contributed by atoms with E-state index in [1.54, 1.807) is 13.0 Å². The third kappa shape index (κ3) is 7.03. The molecule has 0 spiro atoms. The van der Waals surface area contributed by atoms with Crippen LogP contribution in [-0.4, -0.2) is 78.2 Å². The molecule has 0 saturated carbocycles. The average Bonchev–Trinajstić information content (AvgIpc) is 2.67. The maximum absolute atomic E-state index is 13.5. The summed E-state index contributed by atoms with van der Waals surface area (Å²) < 4.78 is 57.7. The van der Waals surface area contributed by atoms with Crippen LogP contribution in [0.2, 0.25) is 0 Å². The Hall–Kier alpha value is -1.00. The summed E-state index contributed by atoms with van der Waals surface area (Å²) >= 11 is 0. The van der Waals surface area contributed by atoms with E-state index < -0.39 is 19.9 Å². The van der Waals surface area contributed by atoms with Gasteiger partial charge in [0.2, 0.25) is 10.0 Å². The molecule has 0 atom stereocenters. The molecule has 7 nitrogen and oxygen atoms in total. The van der Waals surface area contributed by atoms with E-state index in [1.165, 1.54) is 16.4 Å². The van der Waals surface area contributed by atoms with Gasteiger partial charge in [-0.15, -0.1) is 0 Å². The smallest absolute Gasteiger partial charge is 0.243 e. The van der Waals surface area contributed by atoms with Gasteiger partial charge >= 0.3 is 0 Å². The van der Waals surface area contributed by atoms with Crippen molar-refractivity contribution >= 4 is 19.9 Å². The minimum atomic E-state index is -3.79. The van der Waals surface area contributed by atoms with E-state index in [2.05, 4.69) is 11.8 Å². The van der Waals surface area contributed by atoms with Crippen molar-refractivity contribution in [2.45, 2.75) is 49.3 Å². The molecule has 1 aliphatic heterocycles. The summed E-state index contributed by atoms with van der Waals surface area (Å²) in [5.41, 5.74) is 0.558. The molecule has 9 heteroatoms. The molecule has 1 aromatic carbocycles. The number of unbranched alkanes of at least 4 members (excludes halogenated alkanes) is 3. The van der Waals surface area contributed by atoms with Crippen molar-refractivity contribution in [2.24, 2.45) is 0 Å². The SMILES string of the molecule is CCCCCCN(CCN1CCOCC1)S(=O)(=O)c1cc(S(C)(=O)=O)ccc1C. The number of sulfone groups is 1. The molecule has 0 aromatic heterocycles. The van der Waals surface area contributed by atoms with Crippen LogP contribution in [0, 0.1) is 6.92 Å². The zero-order valence-corrected chi connectivity index (χ0v) is 19.4. The largest absolute Gasteiger partial charge is 0.379 e. The van der Waals surface area contributed by atoms with Gasteiger partial charge in [-0.1, -0.05) is 32.3 Å². The lowest BCUT2D eigenvalue weighted by Gasteiger charge is -2.30. The first-order valence-corrected chi connectivity index (χ1v) is 13.6. The topological polar surface area (TPSA) is 84.0 Å². The Morgan fingerprint density at radius 1 is 1.03 bits per heavy atom. The van der Waals surface area contributed by atoms with Crippen LogP contribution in [-0.2, 0) is 24.6 Å². The van der Waals surface area contributed by atoms with Crippen LogP contribution in [0.4, 0.5) is 0 Å². The number of nitrogens with zero attached hydrogens (tertiary/aromatic N) is 2. The van der Waals surface area contributed by atoms with Crippen molar-refractivity contribution in [1.82, 2.24) is 9.21 Å². The van der Waals surface area contributed by atoms with Gasteiger partial charge < -0.3 is 4.74 Å². The van der Waals surface area contributed by atoms with Gasteiger partial charge in [0.25, 0.3) is 0 Å². The van der Waals surface area contributed by atoms with Crippen LogP contribution in [0.3, 0.4) is 0 Å². The van der Waals surface area contributed by atoms with Crippen LogP contribution in [0.5, 0.6) is 0 Å². The highest BCUT2D eigenvalue weighted by molar-refractivity contribution is 7.91. The monoisotopic (exact) mass is 446 g/mol. The molecular formula is C20H34N2O5S2. The fourth-order valence-electron chi connectivity index (χ4n) is 3.37. The van der Waals surface area contributed by atoms with Gasteiger partial charge in [0.15, 0.2) is 9.84 Å². The molecule has 1 aromatic rings. The zero-order chi connectivity index (χ0) is 21.5. The second-order valence-corrected chi connectivity index (χ2v) is 11.5. The first kappa shape index (κ1) is 24.3. The first-order valence-electron chi connectivity index (χ1n) is 10.3. The molecule has 1 saturated heterocycles. The lowest BCUT2D eigenvalue weighted by Crippen LogP contribution is -2.43. The van der Waals surface area contributed by atoms with Crippen LogP contribution in [0.1, 0.15) is 38.2 Å². The summed E-state index contributed by atoms with van der Waals surface area (Å²) in [6.45, 7) is 8.21. The Bertz CT molecular complexity index is 863. The predicted octanol–water partition coefficient (Wildman–Crippen LogP) is 2.30. The van der Waals surface area contributed by atoms with Crippen molar-refractivity contribution < 1.29 is 21.6 Å². The minimum absolute atomic E-state index is 0.0285. The van der Waals surface area contributed by atoms with Gasteiger partial charge in [-0.3, -0.25) is 4.90 Å². The van der Waals surface area contributed by atoms with Crippen molar-refractivity contribution in [3.8, 4) is 0 Å². The van der Waals surface area contributed by atoms with Gasteiger partial charge in [-0.25, -0.2) is 16.8 Å². The Balaban J connectivity index is 2.26. The second kappa shape index (κ2) is 10.9. The Morgan fingerprint density at radius 3 is 2.34 bits per heavy atom. The second-order valence-electron chi connectivity index (χ2n) is 7.62. The predicted molar refractivity (Wildman–Crippen MR) is 114 cm³/mol. The van der Waals surface area contributed by atoms with Crippen LogP contribution >= 0.6 is 0 Å². The highest BCUT2D eigenvalue weighted by Gasteiger charge is 2.27. The molecule has 1 aliphatic rings. The summed E-state index contributed by atoms with van der Waals surface area (Å²) in [4.78, 5) is 2.32. The summed E-state index contributed by atoms with van der Waals surface area (Å²) in [7, 11) is -7.28. The molecule has 0 bridgehead atoms. The maximum atomic E-state index is 13.5. The summed E-state index contributed by atoms with van der Waals surface area (Å²) in [5, 5.41) is 0. The molecular weight excluding hydrogens is 412 g/mol. The lowest BCUT2D eigenvalue weighted by atomic mass is 10.2. The molecule has 0 amide bonds. The van der Waals surface area contributed by atoms with E-state index in [9.17, 15) is 16.8 Å². The number of morpholine rings is 1.